The van der Waals surface area contributed by atoms with Gasteiger partial charge < -0.3 is 10.1 Å². The molecular formula is C18H19ClN2O4S. The zero-order valence-corrected chi connectivity index (χ0v) is 16.0. The van der Waals surface area contributed by atoms with Crippen molar-refractivity contribution in [2.75, 3.05) is 20.7 Å². The first kappa shape index (κ1) is 18.7. The molecule has 0 fully saturated rings. The van der Waals surface area contributed by atoms with E-state index in [1.54, 1.807) is 0 Å². The summed E-state index contributed by atoms with van der Waals surface area (Å²) in [5, 5.41) is 3.02. The van der Waals surface area contributed by atoms with E-state index in [9.17, 15) is 13.2 Å². The Bertz CT molecular complexity index is 944. The molecule has 2 aromatic carbocycles. The van der Waals surface area contributed by atoms with Gasteiger partial charge in [-0.2, -0.15) is 0 Å². The fourth-order valence-electron chi connectivity index (χ4n) is 2.77. The second-order valence-corrected chi connectivity index (χ2v) is 8.66. The van der Waals surface area contributed by atoms with Gasteiger partial charge in [-0.05, 0) is 24.3 Å². The fraction of sp³-hybridized carbons (Fsp3) is 0.278. The zero-order chi connectivity index (χ0) is 18.9. The van der Waals surface area contributed by atoms with Crippen LogP contribution >= 0.6 is 11.6 Å². The highest BCUT2D eigenvalue weighted by atomic mass is 35.5. The van der Waals surface area contributed by atoms with Gasteiger partial charge in [0.1, 0.15) is 10.6 Å². The number of ether oxygens (including phenoxy) is 1. The third kappa shape index (κ3) is 3.56. The van der Waals surface area contributed by atoms with E-state index in [1.807, 2.05) is 24.3 Å². The molecular weight excluding hydrogens is 376 g/mol. The Kier molecular flexibility index (Phi) is 5.22. The largest absolute Gasteiger partial charge is 0.493 e. The van der Waals surface area contributed by atoms with Crippen molar-refractivity contribution in [3.63, 3.8) is 0 Å². The van der Waals surface area contributed by atoms with Crippen molar-refractivity contribution in [1.82, 2.24) is 9.62 Å². The third-order valence-corrected chi connectivity index (χ3v) is 6.51. The molecule has 6 nitrogen and oxygen atoms in total. The minimum atomic E-state index is -3.74. The van der Waals surface area contributed by atoms with E-state index in [0.29, 0.717) is 13.0 Å². The molecule has 0 saturated heterocycles. The van der Waals surface area contributed by atoms with Crippen LogP contribution in [0.25, 0.3) is 0 Å². The predicted octanol–water partition coefficient (Wildman–Crippen LogP) is 2.84. The molecule has 138 valence electrons. The SMILES string of the molecule is CN(C)S(=O)(=O)c1cc(C(=O)N[C@H]2CCOc3ccccc32)ccc1Cl. The number of hydrogen-bond acceptors (Lipinski definition) is 4. The molecule has 1 heterocycles. The number of amides is 1. The number of sulfonamides is 1. The molecule has 0 aliphatic carbocycles. The highest BCUT2D eigenvalue weighted by Gasteiger charge is 2.25. The van der Waals surface area contributed by atoms with E-state index in [-0.39, 0.29) is 27.4 Å². The van der Waals surface area contributed by atoms with E-state index < -0.39 is 10.0 Å². The molecule has 1 aliphatic rings. The normalized spacial score (nSPS) is 16.7. The lowest BCUT2D eigenvalue weighted by Crippen LogP contribution is -2.32. The molecule has 26 heavy (non-hydrogen) atoms. The first-order valence-electron chi connectivity index (χ1n) is 8.05. The van der Waals surface area contributed by atoms with Crippen molar-refractivity contribution in [2.24, 2.45) is 0 Å². The summed E-state index contributed by atoms with van der Waals surface area (Å²) in [6.45, 7) is 0.503. The molecule has 3 rings (SSSR count). The number of halogens is 1. The molecule has 2 aromatic rings. The highest BCUT2D eigenvalue weighted by molar-refractivity contribution is 7.89. The summed E-state index contributed by atoms with van der Waals surface area (Å²) in [5.74, 6) is 0.384. The number of fused-ring (bicyclic) bond motifs is 1. The number of carbonyl (C=O) groups excluding carboxylic acids is 1. The van der Waals surface area contributed by atoms with Crippen LogP contribution in [0.1, 0.15) is 28.4 Å². The molecule has 1 amide bonds. The minimum Gasteiger partial charge on any atom is -0.493 e. The summed E-state index contributed by atoms with van der Waals surface area (Å²) in [6, 6.07) is 11.6. The van der Waals surface area contributed by atoms with E-state index in [0.717, 1.165) is 15.6 Å². The molecule has 0 unspecified atom stereocenters. The van der Waals surface area contributed by atoms with Gasteiger partial charge in [0, 0.05) is 31.6 Å². The Morgan fingerprint density at radius 1 is 1.23 bits per heavy atom. The number of rotatable bonds is 4. The quantitative estimate of drug-likeness (QED) is 0.865. The first-order chi connectivity index (χ1) is 12.3. The van der Waals surface area contributed by atoms with Crippen LogP contribution < -0.4 is 10.1 Å². The number of benzene rings is 2. The number of nitrogens with zero attached hydrogens (tertiary/aromatic N) is 1. The van der Waals surface area contributed by atoms with E-state index in [4.69, 9.17) is 16.3 Å². The van der Waals surface area contributed by atoms with Gasteiger partial charge in [0.05, 0.1) is 17.7 Å². The smallest absolute Gasteiger partial charge is 0.251 e. The van der Waals surface area contributed by atoms with Crippen LogP contribution in [0.15, 0.2) is 47.4 Å². The van der Waals surface area contributed by atoms with Crippen molar-refractivity contribution in [3.8, 4) is 5.75 Å². The van der Waals surface area contributed by atoms with Crippen molar-refractivity contribution >= 4 is 27.5 Å². The Hall–Kier alpha value is -2.09. The molecule has 0 saturated carbocycles. The average molecular weight is 395 g/mol. The van der Waals surface area contributed by atoms with Crippen molar-refractivity contribution < 1.29 is 17.9 Å². The molecule has 0 bridgehead atoms. The lowest BCUT2D eigenvalue weighted by molar-refractivity contribution is 0.0924. The number of para-hydroxylation sites is 1. The molecule has 1 atom stereocenters. The van der Waals surface area contributed by atoms with Crippen LogP contribution in [0, 0.1) is 0 Å². The summed E-state index contributed by atoms with van der Waals surface area (Å²) in [7, 11) is -0.916. The Labute approximate surface area is 157 Å². The Morgan fingerprint density at radius 2 is 1.96 bits per heavy atom. The zero-order valence-electron chi connectivity index (χ0n) is 14.4. The molecule has 0 aromatic heterocycles. The predicted molar refractivity (Wildman–Crippen MR) is 99.1 cm³/mol. The van der Waals surface area contributed by atoms with Crippen molar-refractivity contribution in [3.05, 3.63) is 58.6 Å². The van der Waals surface area contributed by atoms with Gasteiger partial charge in [-0.1, -0.05) is 29.8 Å². The standard InChI is InChI=1S/C18H19ClN2O4S/c1-21(2)26(23,24)17-11-12(7-8-14(17)19)18(22)20-15-9-10-25-16-6-4-3-5-13(15)16/h3-8,11,15H,9-10H2,1-2H3,(H,20,22)/t15-/m0/s1. The molecule has 1 aliphatic heterocycles. The topological polar surface area (TPSA) is 75.7 Å². The summed E-state index contributed by atoms with van der Waals surface area (Å²) in [5.41, 5.74) is 1.14. The third-order valence-electron chi connectivity index (χ3n) is 4.22. The summed E-state index contributed by atoms with van der Waals surface area (Å²) in [4.78, 5) is 12.6. The van der Waals surface area contributed by atoms with Gasteiger partial charge in [0.2, 0.25) is 10.0 Å². The van der Waals surface area contributed by atoms with E-state index >= 15 is 0 Å². The summed E-state index contributed by atoms with van der Waals surface area (Å²) in [6.07, 6.45) is 0.638. The van der Waals surface area contributed by atoms with Gasteiger partial charge in [-0.25, -0.2) is 12.7 Å². The van der Waals surface area contributed by atoms with Crippen molar-refractivity contribution in [2.45, 2.75) is 17.4 Å². The summed E-state index contributed by atoms with van der Waals surface area (Å²) < 4.78 is 31.4. The average Bonchev–Trinajstić information content (AvgIpc) is 2.62. The first-order valence-corrected chi connectivity index (χ1v) is 9.87. The fourth-order valence-corrected chi connectivity index (χ4v) is 4.17. The second kappa shape index (κ2) is 7.26. The maximum atomic E-state index is 12.7. The second-order valence-electron chi connectivity index (χ2n) is 6.13. The van der Waals surface area contributed by atoms with Gasteiger partial charge in [0.15, 0.2) is 0 Å². The number of hydrogen-bond donors (Lipinski definition) is 1. The summed E-state index contributed by atoms with van der Waals surface area (Å²) >= 11 is 6.03. The van der Waals surface area contributed by atoms with Gasteiger partial charge in [0.25, 0.3) is 5.91 Å². The van der Waals surface area contributed by atoms with Gasteiger partial charge in [-0.15, -0.1) is 0 Å². The monoisotopic (exact) mass is 394 g/mol. The minimum absolute atomic E-state index is 0.0756. The van der Waals surface area contributed by atoms with Crippen LogP contribution in [0.4, 0.5) is 0 Å². The number of nitrogens with one attached hydrogen (secondary N) is 1. The highest BCUT2D eigenvalue weighted by Crippen LogP contribution is 2.32. The van der Waals surface area contributed by atoms with Crippen LogP contribution in [0.3, 0.4) is 0 Å². The van der Waals surface area contributed by atoms with Crippen LogP contribution in [0.2, 0.25) is 5.02 Å². The molecule has 0 spiro atoms. The van der Waals surface area contributed by atoms with Gasteiger partial charge in [-0.3, -0.25) is 4.79 Å². The molecule has 1 N–H and O–H groups in total. The lowest BCUT2D eigenvalue weighted by atomic mass is 10.00. The number of carbonyl (C=O) groups is 1. The van der Waals surface area contributed by atoms with Crippen molar-refractivity contribution in [1.29, 1.82) is 0 Å². The molecule has 8 heteroatoms. The van der Waals surface area contributed by atoms with Crippen LogP contribution in [-0.2, 0) is 10.0 Å². The lowest BCUT2D eigenvalue weighted by Gasteiger charge is -2.26. The molecule has 0 radical (unpaired) electrons. The van der Waals surface area contributed by atoms with E-state index in [1.165, 1.54) is 32.3 Å². The van der Waals surface area contributed by atoms with Gasteiger partial charge >= 0.3 is 0 Å². The Morgan fingerprint density at radius 3 is 2.69 bits per heavy atom. The van der Waals surface area contributed by atoms with Crippen LogP contribution in [0.5, 0.6) is 5.75 Å². The van der Waals surface area contributed by atoms with E-state index in [2.05, 4.69) is 5.32 Å². The van der Waals surface area contributed by atoms with Crippen LogP contribution in [-0.4, -0.2) is 39.3 Å². The Balaban J connectivity index is 1.88. The maximum absolute atomic E-state index is 12.7. The maximum Gasteiger partial charge on any atom is 0.251 e.